The van der Waals surface area contributed by atoms with Crippen LogP contribution in [0.2, 0.25) is 25.7 Å². The molecule has 0 aliphatic heterocycles. The number of esters is 4. The molecule has 0 amide bonds. The number of carbonyl (C=O) groups is 4. The van der Waals surface area contributed by atoms with Gasteiger partial charge in [-0.05, 0) is 152 Å². The molecule has 1 saturated carbocycles. The Hall–Kier alpha value is -7.60. The number of nitrogens with zero attached hydrogens (tertiary/aromatic N) is 8. The summed E-state index contributed by atoms with van der Waals surface area (Å²) in [7, 11) is -1.20. The molecule has 28 heteroatoms. The van der Waals surface area contributed by atoms with Crippen LogP contribution in [0.3, 0.4) is 0 Å². The van der Waals surface area contributed by atoms with Gasteiger partial charge < -0.3 is 46.6 Å². The molecule has 0 saturated heterocycles. The first-order valence-electron chi connectivity index (χ1n) is 36.2. The summed E-state index contributed by atoms with van der Waals surface area (Å²) in [4.78, 5) is 63.4. The zero-order chi connectivity index (χ0) is 81.0. The molecule has 0 radical (unpaired) electrons. The van der Waals surface area contributed by atoms with Crippen LogP contribution >= 0.6 is 15.9 Å². The molecule has 8 rings (SSSR count). The number of carbonyl (C=O) groups excluding carboxylic acids is 4. The first-order chi connectivity index (χ1) is 49.1. The van der Waals surface area contributed by atoms with Crippen LogP contribution in [0, 0.1) is 44.9 Å². The van der Waals surface area contributed by atoms with Crippen molar-refractivity contribution in [2.75, 3.05) is 6.61 Å². The van der Waals surface area contributed by atoms with Crippen molar-refractivity contribution in [1.29, 1.82) is 0 Å². The SMILES string of the molecule is CC(C)OC(=O)[C@@](N)(CC(C)(C)C)c1ccc(-c2ncn(C3CC3)n2)cc1F.CC(C)OC(=O)[C@@](N)(CC(C)(C)C)c1ccc(-c2ncn[nH]2)cc1F.CC(C)OC(=O)[C@@](N)(CC(C)(C)C)c1ccc(-c2ncnn2COCC[Si](C)(C)C)cc1F.CC(C)OC(=O)[C@@](N)(CC(C)(C)C)c1ccc(Br)cc1F. The lowest BCUT2D eigenvalue weighted by Crippen LogP contribution is -2.50. The van der Waals surface area contributed by atoms with E-state index in [0.717, 1.165) is 18.9 Å². The van der Waals surface area contributed by atoms with E-state index in [0.29, 0.717) is 51.3 Å². The molecule has 3 aromatic heterocycles. The number of benzene rings is 4. The summed E-state index contributed by atoms with van der Waals surface area (Å²) in [6.07, 6.45) is 6.26. The molecule has 590 valence electrons. The third kappa shape index (κ3) is 26.6. The molecular formula is C79H116BrF4N13O9Si. The van der Waals surface area contributed by atoms with Gasteiger partial charge in [-0.1, -0.05) is 161 Å². The molecule has 9 N–H and O–H groups in total. The van der Waals surface area contributed by atoms with Gasteiger partial charge in [-0.25, -0.2) is 61.1 Å². The van der Waals surface area contributed by atoms with Crippen LogP contribution in [0.5, 0.6) is 0 Å². The van der Waals surface area contributed by atoms with Gasteiger partial charge in [0.25, 0.3) is 0 Å². The maximum absolute atomic E-state index is 15.4. The van der Waals surface area contributed by atoms with Crippen molar-refractivity contribution in [2.45, 2.75) is 262 Å². The van der Waals surface area contributed by atoms with Crippen molar-refractivity contribution in [2.24, 2.45) is 44.6 Å². The Morgan fingerprint density at radius 1 is 0.523 bits per heavy atom. The molecular weight excluding hydrogens is 1460 g/mol. The maximum Gasteiger partial charge on any atom is 0.331 e. The Bertz CT molecular complexity index is 4120. The third-order valence-corrected chi connectivity index (χ3v) is 18.5. The Morgan fingerprint density at radius 2 is 0.888 bits per heavy atom. The summed E-state index contributed by atoms with van der Waals surface area (Å²) >= 11 is 3.20. The van der Waals surface area contributed by atoms with Gasteiger partial charge in [-0.15, -0.1) is 0 Å². The van der Waals surface area contributed by atoms with Gasteiger partial charge in [-0.3, -0.25) is 5.10 Å². The van der Waals surface area contributed by atoms with Gasteiger partial charge in [0.2, 0.25) is 0 Å². The fraction of sp³-hybridized carbons (Fsp3) is 0.570. The summed E-state index contributed by atoms with van der Waals surface area (Å²) < 4.78 is 90.8. The van der Waals surface area contributed by atoms with E-state index in [1.165, 1.54) is 49.1 Å². The lowest BCUT2D eigenvalue weighted by atomic mass is 9.76. The number of rotatable bonds is 25. The van der Waals surface area contributed by atoms with Crippen LogP contribution in [-0.2, 0) is 71.7 Å². The highest BCUT2D eigenvalue weighted by Crippen LogP contribution is 2.42. The molecule has 1 fully saturated rings. The zero-order valence-electron chi connectivity index (χ0n) is 66.9. The molecule has 4 aromatic carbocycles. The van der Waals surface area contributed by atoms with Gasteiger partial charge in [0.15, 0.2) is 17.5 Å². The van der Waals surface area contributed by atoms with Gasteiger partial charge in [0, 0.05) is 58.1 Å². The van der Waals surface area contributed by atoms with Gasteiger partial charge in [0.1, 0.15) is 71.1 Å². The number of halogens is 5. The van der Waals surface area contributed by atoms with E-state index in [9.17, 15) is 28.0 Å². The summed E-state index contributed by atoms with van der Waals surface area (Å²) in [6.45, 7) is 45.1. The topological polar surface area (TPSA) is 322 Å². The van der Waals surface area contributed by atoms with Crippen LogP contribution in [0.4, 0.5) is 17.6 Å². The van der Waals surface area contributed by atoms with E-state index < -0.39 is 77.4 Å². The Balaban J connectivity index is 0.000000259. The van der Waals surface area contributed by atoms with Crippen molar-refractivity contribution >= 4 is 47.9 Å². The van der Waals surface area contributed by atoms with E-state index in [1.807, 2.05) is 87.8 Å². The van der Waals surface area contributed by atoms with Crippen LogP contribution in [0.25, 0.3) is 34.2 Å². The van der Waals surface area contributed by atoms with Gasteiger partial charge in [-0.2, -0.15) is 15.3 Å². The summed E-state index contributed by atoms with van der Waals surface area (Å²) in [5.74, 6) is -3.37. The standard InChI is InChI=1S/C24H39FN4O3Si.C21H29FN4O2.C18H25FN4O2.C16H23BrFNO2/c1-17(2)32-22(30)24(26,14-23(3,4)5)19-10-9-18(13-20(19)25)21-27-15-28-29(21)16-31-11-12-33(6,7)8;1-13(2)28-19(27)21(23,11-20(3,4)5)16-9-6-14(10-17(16)22)18-24-12-26(25-18)15-7-8-15;1-11(2)25-16(24)18(20,9-17(3,4)5)13-7-6-12(8-14(13)19)15-21-10-22-23-15;1-10(2)21-14(20)16(19,9-15(3,4)5)12-7-6-11(17)8-13(12)18/h9-10,13,15,17H,11-12,14,16,26H2,1-8H3;6,9-10,12-13,15H,7-8,11,23H2,1-5H3;6-8,10-11H,9,20H2,1-5H3,(H,21,22,23);6-8,10H,9,19H2,1-5H3/t24-;21-;18-;16-/m1111/s1. The molecule has 7 aromatic rings. The molecule has 0 bridgehead atoms. The van der Waals surface area contributed by atoms with Crippen LogP contribution in [0.1, 0.15) is 205 Å². The number of hydrogen-bond acceptors (Lipinski definition) is 19. The minimum atomic E-state index is -1.61. The number of aromatic amines is 1. The van der Waals surface area contributed by atoms with Gasteiger partial charge in [0.05, 0.1) is 30.5 Å². The van der Waals surface area contributed by atoms with Crippen LogP contribution in [0.15, 0.2) is 96.3 Å². The molecule has 22 nitrogen and oxygen atoms in total. The highest BCUT2D eigenvalue weighted by Gasteiger charge is 2.48. The first-order valence-corrected chi connectivity index (χ1v) is 40.7. The molecule has 0 spiro atoms. The third-order valence-electron chi connectivity index (χ3n) is 16.3. The fourth-order valence-electron chi connectivity index (χ4n) is 12.0. The van der Waals surface area contributed by atoms with Crippen molar-refractivity contribution < 1.29 is 60.4 Å². The highest BCUT2D eigenvalue weighted by atomic mass is 79.9. The average molecular weight is 1580 g/mol. The Kier molecular flexibility index (Phi) is 30.5. The van der Waals surface area contributed by atoms with Crippen molar-refractivity contribution in [3.63, 3.8) is 0 Å². The molecule has 3 heterocycles. The second-order valence-electron chi connectivity index (χ2n) is 34.9. The van der Waals surface area contributed by atoms with E-state index in [4.69, 9.17) is 46.6 Å². The quantitative estimate of drug-likeness (QED) is 0.0117. The van der Waals surface area contributed by atoms with Crippen molar-refractivity contribution in [3.05, 3.63) is 142 Å². The molecule has 4 atom stereocenters. The largest absolute Gasteiger partial charge is 0.461 e. The number of H-pyrrole nitrogens is 1. The number of nitrogens with one attached hydrogen (secondary N) is 1. The van der Waals surface area contributed by atoms with Gasteiger partial charge >= 0.3 is 23.9 Å². The normalized spacial score (nSPS) is 15.1. The minimum absolute atomic E-state index is 0.101. The van der Waals surface area contributed by atoms with E-state index >= 15 is 8.78 Å². The summed E-state index contributed by atoms with van der Waals surface area (Å²) in [5.41, 5.74) is 20.4. The molecule has 107 heavy (non-hydrogen) atoms. The fourth-order valence-corrected chi connectivity index (χ4v) is 13.1. The predicted molar refractivity (Wildman–Crippen MR) is 414 cm³/mol. The molecule has 1 aliphatic carbocycles. The highest BCUT2D eigenvalue weighted by molar-refractivity contribution is 9.10. The lowest BCUT2D eigenvalue weighted by molar-refractivity contribution is -0.156. The Labute approximate surface area is 638 Å². The second kappa shape index (κ2) is 36.3. The summed E-state index contributed by atoms with van der Waals surface area (Å²) in [6, 6.07) is 19.6. The van der Waals surface area contributed by atoms with E-state index in [2.05, 4.69) is 70.9 Å². The van der Waals surface area contributed by atoms with Crippen molar-refractivity contribution in [1.82, 2.24) is 44.7 Å². The Morgan fingerprint density at radius 3 is 1.23 bits per heavy atom. The monoisotopic (exact) mass is 1570 g/mol. The van der Waals surface area contributed by atoms with Crippen LogP contribution < -0.4 is 22.9 Å². The zero-order valence-corrected chi connectivity index (χ0v) is 69.4. The molecule has 1 aliphatic rings. The lowest BCUT2D eigenvalue weighted by Gasteiger charge is -2.34. The smallest absolute Gasteiger partial charge is 0.331 e. The van der Waals surface area contributed by atoms with E-state index in [-0.39, 0.29) is 101 Å². The first kappa shape index (κ1) is 90.0. The number of aromatic nitrogens is 9. The van der Waals surface area contributed by atoms with E-state index in [1.54, 1.807) is 103 Å². The van der Waals surface area contributed by atoms with Crippen LogP contribution in [-0.4, -0.2) is 108 Å². The average Bonchev–Trinajstić information content (AvgIpc) is 1.48. The number of nitrogens with two attached hydrogens (primary N) is 4. The summed E-state index contributed by atoms with van der Waals surface area (Å²) in [5, 5.41) is 15.1. The minimum Gasteiger partial charge on any atom is -0.461 e. The number of ether oxygens (including phenoxy) is 5. The predicted octanol–water partition coefficient (Wildman–Crippen LogP) is 16.2. The van der Waals surface area contributed by atoms with Crippen molar-refractivity contribution in [3.8, 4) is 34.2 Å². The molecule has 0 unspecified atom stereocenters. The number of hydrogen-bond donors (Lipinski definition) is 5. The second-order valence-corrected chi connectivity index (χ2v) is 41.4. The maximum atomic E-state index is 15.4.